The Hall–Kier alpha value is -4.35. The molecule has 2 N–H and O–H groups in total. The second-order valence-corrected chi connectivity index (χ2v) is 8.75. The number of urea groups is 1. The minimum atomic E-state index is -4.50. The minimum absolute atomic E-state index is 0.269. The molecule has 4 rings (SSSR count). The molecule has 194 valence electrons. The highest BCUT2D eigenvalue weighted by Gasteiger charge is 2.32. The van der Waals surface area contributed by atoms with Crippen LogP contribution in [0.5, 0.6) is 0 Å². The molecule has 2 amide bonds. The van der Waals surface area contributed by atoms with Gasteiger partial charge in [0.15, 0.2) is 5.54 Å². The molecule has 0 aliphatic heterocycles. The lowest BCUT2D eigenvalue weighted by atomic mass is 10.1. The van der Waals surface area contributed by atoms with Crippen molar-refractivity contribution >= 4 is 23.3 Å². The van der Waals surface area contributed by atoms with Crippen molar-refractivity contribution < 1.29 is 27.5 Å². The van der Waals surface area contributed by atoms with Crippen LogP contribution in [0.3, 0.4) is 0 Å². The average molecular weight is 515 g/mol. The summed E-state index contributed by atoms with van der Waals surface area (Å²) in [7, 11) is 0. The van der Waals surface area contributed by atoms with Crippen molar-refractivity contribution in [3.63, 3.8) is 0 Å². The molecule has 4 aromatic rings. The summed E-state index contributed by atoms with van der Waals surface area (Å²) in [5.74, 6) is -0.391. The first kappa shape index (κ1) is 25.7. The minimum Gasteiger partial charge on any atom is -0.464 e. The Kier molecular flexibility index (Phi) is 6.92. The van der Waals surface area contributed by atoms with Crippen LogP contribution < -0.4 is 10.6 Å². The van der Waals surface area contributed by atoms with Crippen LogP contribution in [0.15, 0.2) is 61.2 Å². The first-order valence-corrected chi connectivity index (χ1v) is 11.4. The number of benzene rings is 1. The van der Waals surface area contributed by atoms with E-state index in [2.05, 4.69) is 15.4 Å². The van der Waals surface area contributed by atoms with Crippen LogP contribution in [0.1, 0.15) is 20.8 Å². The highest BCUT2D eigenvalue weighted by molar-refractivity contribution is 5.90. The van der Waals surface area contributed by atoms with Crippen LogP contribution in [0.25, 0.3) is 28.0 Å². The summed E-state index contributed by atoms with van der Waals surface area (Å²) in [5, 5.41) is 8.55. The van der Waals surface area contributed by atoms with Crippen molar-refractivity contribution in [3.8, 4) is 22.4 Å². The maximum atomic E-state index is 12.4. The number of esters is 1. The molecule has 9 nitrogen and oxygen atoms in total. The van der Waals surface area contributed by atoms with Gasteiger partial charge in [0.05, 0.1) is 24.7 Å². The number of hydrogen-bond acceptors (Lipinski definition) is 5. The van der Waals surface area contributed by atoms with Crippen LogP contribution >= 0.6 is 0 Å². The number of amides is 2. The smallest absolute Gasteiger partial charge is 0.405 e. The second kappa shape index (κ2) is 9.96. The second-order valence-electron chi connectivity index (χ2n) is 8.75. The number of halogens is 3. The summed E-state index contributed by atoms with van der Waals surface area (Å²) in [6.07, 6.45) is 2.45. The lowest BCUT2D eigenvalue weighted by Crippen LogP contribution is -2.37. The molecule has 3 aromatic heterocycles. The third-order valence-corrected chi connectivity index (χ3v) is 5.63. The molecule has 0 radical (unpaired) electrons. The maximum Gasteiger partial charge on any atom is 0.405 e. The molecule has 0 aliphatic carbocycles. The fourth-order valence-electron chi connectivity index (χ4n) is 3.66. The molecule has 37 heavy (non-hydrogen) atoms. The van der Waals surface area contributed by atoms with E-state index in [1.165, 1.54) is 0 Å². The molecule has 0 unspecified atom stereocenters. The number of hydrogen-bond donors (Lipinski definition) is 2. The van der Waals surface area contributed by atoms with E-state index in [1.54, 1.807) is 73.6 Å². The predicted molar refractivity (Wildman–Crippen MR) is 131 cm³/mol. The van der Waals surface area contributed by atoms with Gasteiger partial charge in [-0.2, -0.15) is 18.3 Å². The van der Waals surface area contributed by atoms with E-state index in [-0.39, 0.29) is 6.61 Å². The third kappa shape index (κ3) is 5.74. The van der Waals surface area contributed by atoms with Gasteiger partial charge in [-0.3, -0.25) is 9.08 Å². The molecule has 3 heterocycles. The number of imidazole rings is 1. The normalized spacial score (nSPS) is 11.9. The molecule has 0 aliphatic rings. The van der Waals surface area contributed by atoms with Crippen LogP contribution in [0.2, 0.25) is 0 Å². The monoisotopic (exact) mass is 514 g/mol. The predicted octanol–water partition coefficient (Wildman–Crippen LogP) is 4.85. The number of anilines is 1. The van der Waals surface area contributed by atoms with E-state index in [1.807, 2.05) is 22.7 Å². The number of alkyl halides is 3. The van der Waals surface area contributed by atoms with Gasteiger partial charge >= 0.3 is 18.2 Å². The van der Waals surface area contributed by atoms with Gasteiger partial charge in [0.2, 0.25) is 0 Å². The molecular formula is C25H25F3N6O3. The van der Waals surface area contributed by atoms with Crippen molar-refractivity contribution in [2.45, 2.75) is 32.5 Å². The molecule has 1 aromatic carbocycles. The van der Waals surface area contributed by atoms with Crippen molar-refractivity contribution in [1.29, 1.82) is 0 Å². The Morgan fingerprint density at radius 1 is 1.03 bits per heavy atom. The van der Waals surface area contributed by atoms with E-state index in [0.717, 1.165) is 11.1 Å². The molecule has 0 fully saturated rings. The van der Waals surface area contributed by atoms with Gasteiger partial charge in [-0.25, -0.2) is 14.6 Å². The van der Waals surface area contributed by atoms with E-state index in [0.29, 0.717) is 22.6 Å². The standard InChI is InChI=1S/C25H25F3N6O3/c1-4-37-22(35)24(2,3)34-14-18(11-31-34)17-8-9-21-29-12-20(33(21)13-17)16-6-5-7-19(10-16)32-23(36)30-15-25(26,27)28/h5-14H,4,15H2,1-3H3,(H2,30,32,36). The quantitative estimate of drug-likeness (QED) is 0.344. The van der Waals surface area contributed by atoms with Crippen molar-refractivity contribution in [2.24, 2.45) is 0 Å². The Morgan fingerprint density at radius 3 is 2.54 bits per heavy atom. The Labute approximate surface area is 210 Å². The summed E-state index contributed by atoms with van der Waals surface area (Å²) < 4.78 is 45.6. The van der Waals surface area contributed by atoms with Gasteiger partial charge in [-0.05, 0) is 45.0 Å². The van der Waals surface area contributed by atoms with Gasteiger partial charge in [0.25, 0.3) is 0 Å². The Balaban J connectivity index is 1.60. The summed E-state index contributed by atoms with van der Waals surface area (Å²) in [6.45, 7) is 4.04. The molecule has 0 saturated heterocycles. The average Bonchev–Trinajstić information content (AvgIpc) is 3.50. The van der Waals surface area contributed by atoms with Gasteiger partial charge in [0, 0.05) is 34.8 Å². The van der Waals surface area contributed by atoms with Crippen LogP contribution in [0, 0.1) is 0 Å². The summed E-state index contributed by atoms with van der Waals surface area (Å²) >= 11 is 0. The van der Waals surface area contributed by atoms with Gasteiger partial charge in [-0.1, -0.05) is 12.1 Å². The van der Waals surface area contributed by atoms with E-state index >= 15 is 0 Å². The van der Waals surface area contributed by atoms with Crippen LogP contribution in [-0.4, -0.2) is 50.5 Å². The van der Waals surface area contributed by atoms with Crippen molar-refractivity contribution in [1.82, 2.24) is 24.5 Å². The fourth-order valence-corrected chi connectivity index (χ4v) is 3.66. The van der Waals surface area contributed by atoms with Gasteiger partial charge in [-0.15, -0.1) is 0 Å². The van der Waals surface area contributed by atoms with Gasteiger partial charge < -0.3 is 15.4 Å². The maximum absolute atomic E-state index is 12.4. The molecule has 0 saturated carbocycles. The number of carbonyl (C=O) groups excluding carboxylic acids is 2. The first-order chi connectivity index (χ1) is 17.5. The number of nitrogens with zero attached hydrogens (tertiary/aromatic N) is 4. The number of rotatable bonds is 7. The molecule has 0 atom stereocenters. The first-order valence-electron chi connectivity index (χ1n) is 11.4. The fraction of sp³-hybridized carbons (Fsp3) is 0.280. The van der Waals surface area contributed by atoms with Gasteiger partial charge in [0.1, 0.15) is 12.2 Å². The lowest BCUT2D eigenvalue weighted by molar-refractivity contribution is -0.152. The summed E-state index contributed by atoms with van der Waals surface area (Å²) in [5.41, 5.74) is 2.99. The lowest BCUT2D eigenvalue weighted by Gasteiger charge is -2.22. The third-order valence-electron chi connectivity index (χ3n) is 5.63. The number of ether oxygens (including phenoxy) is 1. The highest BCUT2D eigenvalue weighted by Crippen LogP contribution is 2.28. The number of carbonyl (C=O) groups is 2. The molecule has 0 spiro atoms. The van der Waals surface area contributed by atoms with Crippen LogP contribution in [-0.2, 0) is 15.1 Å². The molecule has 0 bridgehead atoms. The highest BCUT2D eigenvalue weighted by atomic mass is 19.4. The van der Waals surface area contributed by atoms with Crippen molar-refractivity contribution in [2.75, 3.05) is 18.5 Å². The molecule has 12 heteroatoms. The zero-order valence-electron chi connectivity index (χ0n) is 20.3. The zero-order valence-corrected chi connectivity index (χ0v) is 20.3. The largest absolute Gasteiger partial charge is 0.464 e. The number of nitrogens with one attached hydrogen (secondary N) is 2. The number of aromatic nitrogens is 4. The van der Waals surface area contributed by atoms with E-state index in [9.17, 15) is 22.8 Å². The Morgan fingerprint density at radius 2 is 1.81 bits per heavy atom. The summed E-state index contributed by atoms with van der Waals surface area (Å²) in [6, 6.07) is 9.45. The molecular weight excluding hydrogens is 489 g/mol. The van der Waals surface area contributed by atoms with E-state index < -0.39 is 30.3 Å². The van der Waals surface area contributed by atoms with Crippen molar-refractivity contribution in [3.05, 3.63) is 61.2 Å². The zero-order chi connectivity index (χ0) is 26.8. The number of pyridine rings is 1. The number of fused-ring (bicyclic) bond motifs is 1. The Bertz CT molecular complexity index is 1440. The summed E-state index contributed by atoms with van der Waals surface area (Å²) in [4.78, 5) is 28.6. The van der Waals surface area contributed by atoms with E-state index in [4.69, 9.17) is 4.74 Å². The van der Waals surface area contributed by atoms with Crippen LogP contribution in [0.4, 0.5) is 23.7 Å². The SMILES string of the molecule is CCOC(=O)C(C)(C)n1cc(-c2ccc3ncc(-c4cccc(NC(=O)NCC(F)(F)F)c4)n3c2)cn1. The topological polar surface area (TPSA) is 103 Å².